The van der Waals surface area contributed by atoms with E-state index in [1.54, 1.807) is 6.07 Å². The van der Waals surface area contributed by atoms with Crippen LogP contribution in [0.5, 0.6) is 5.75 Å². The molecule has 4 nitrogen and oxygen atoms in total. The first-order valence-corrected chi connectivity index (χ1v) is 5.60. The van der Waals surface area contributed by atoms with Crippen LogP contribution < -0.4 is 10.5 Å². The molecule has 0 radical (unpaired) electrons. The van der Waals surface area contributed by atoms with Crippen molar-refractivity contribution in [1.29, 1.82) is 0 Å². The molecule has 0 bridgehead atoms. The van der Waals surface area contributed by atoms with E-state index >= 15 is 0 Å². The Morgan fingerprint density at radius 2 is 2.00 bits per heavy atom. The number of nitrogens with zero attached hydrogens (tertiary/aromatic N) is 1. The summed E-state index contributed by atoms with van der Waals surface area (Å²) in [6, 6.07) is 9.38. The second-order valence-corrected chi connectivity index (χ2v) is 4.35. The third kappa shape index (κ3) is 3.00. The summed E-state index contributed by atoms with van der Waals surface area (Å²) >= 11 is 0. The van der Waals surface area contributed by atoms with Crippen molar-refractivity contribution < 1.29 is 9.26 Å². The minimum atomic E-state index is 0.389. The lowest BCUT2D eigenvalue weighted by atomic mass is 10.1. The van der Waals surface area contributed by atoms with Gasteiger partial charge in [0.25, 0.3) is 0 Å². The summed E-state index contributed by atoms with van der Waals surface area (Å²) < 4.78 is 10.7. The number of hydrogen-bond acceptors (Lipinski definition) is 4. The molecule has 0 saturated heterocycles. The van der Waals surface area contributed by atoms with E-state index in [0.29, 0.717) is 24.1 Å². The number of nitrogens with two attached hydrogens (primary N) is 1. The molecule has 90 valence electrons. The first-order valence-electron chi connectivity index (χ1n) is 5.60. The molecule has 4 heteroatoms. The molecule has 0 aliphatic carbocycles. The molecule has 0 amide bonds. The molecular formula is C13H16N2O2. The van der Waals surface area contributed by atoms with Crippen LogP contribution in [0.3, 0.4) is 0 Å². The Morgan fingerprint density at radius 1 is 1.29 bits per heavy atom. The fourth-order valence-electron chi connectivity index (χ4n) is 1.40. The maximum absolute atomic E-state index is 5.59. The summed E-state index contributed by atoms with van der Waals surface area (Å²) in [4.78, 5) is 0. The molecule has 1 aromatic heterocycles. The molecule has 0 aliphatic rings. The first-order chi connectivity index (χ1) is 8.15. The lowest BCUT2D eigenvalue weighted by molar-refractivity contribution is 0.271. The van der Waals surface area contributed by atoms with Gasteiger partial charge < -0.3 is 15.0 Å². The van der Waals surface area contributed by atoms with Gasteiger partial charge in [-0.05, 0) is 30.2 Å². The second-order valence-electron chi connectivity index (χ2n) is 4.35. The van der Waals surface area contributed by atoms with E-state index in [9.17, 15) is 0 Å². The molecule has 0 fully saturated rings. The van der Waals surface area contributed by atoms with Crippen molar-refractivity contribution in [2.75, 3.05) is 12.3 Å². The van der Waals surface area contributed by atoms with E-state index < -0.39 is 0 Å². The number of aromatic nitrogens is 1. The number of nitrogen functional groups attached to an aromatic ring is 1. The molecule has 0 saturated carbocycles. The van der Waals surface area contributed by atoms with E-state index in [1.165, 1.54) is 0 Å². The van der Waals surface area contributed by atoms with E-state index in [1.807, 2.05) is 24.3 Å². The van der Waals surface area contributed by atoms with Crippen LogP contribution in [0.4, 0.5) is 5.82 Å². The van der Waals surface area contributed by atoms with Gasteiger partial charge in [0.2, 0.25) is 0 Å². The van der Waals surface area contributed by atoms with Crippen molar-refractivity contribution in [3.63, 3.8) is 0 Å². The zero-order valence-electron chi connectivity index (χ0n) is 10.0. The summed E-state index contributed by atoms with van der Waals surface area (Å²) in [6.45, 7) is 4.95. The average molecular weight is 232 g/mol. The molecule has 2 rings (SSSR count). The maximum Gasteiger partial charge on any atom is 0.169 e. The minimum Gasteiger partial charge on any atom is -0.493 e. The molecule has 1 aromatic carbocycles. The van der Waals surface area contributed by atoms with Crippen LogP contribution in [0.1, 0.15) is 13.8 Å². The minimum absolute atomic E-state index is 0.389. The van der Waals surface area contributed by atoms with E-state index in [-0.39, 0.29) is 0 Å². The van der Waals surface area contributed by atoms with Crippen molar-refractivity contribution >= 4 is 5.82 Å². The maximum atomic E-state index is 5.59. The predicted molar refractivity (Wildman–Crippen MR) is 66.7 cm³/mol. The summed E-state index contributed by atoms with van der Waals surface area (Å²) in [5, 5.41) is 3.65. The van der Waals surface area contributed by atoms with Gasteiger partial charge in [-0.25, -0.2) is 0 Å². The van der Waals surface area contributed by atoms with Gasteiger partial charge in [0, 0.05) is 11.6 Å². The van der Waals surface area contributed by atoms with Gasteiger partial charge in [0.05, 0.1) is 6.61 Å². The quantitative estimate of drug-likeness (QED) is 0.880. The highest BCUT2D eigenvalue weighted by Gasteiger charge is 2.04. The Hall–Kier alpha value is -1.97. The molecule has 17 heavy (non-hydrogen) atoms. The van der Waals surface area contributed by atoms with Gasteiger partial charge in [-0.2, -0.15) is 0 Å². The molecule has 2 aromatic rings. The van der Waals surface area contributed by atoms with E-state index in [2.05, 4.69) is 19.0 Å². The normalized spacial score (nSPS) is 10.8. The Bertz CT molecular complexity index is 474. The summed E-state index contributed by atoms with van der Waals surface area (Å²) in [5.74, 6) is 2.43. The lowest BCUT2D eigenvalue weighted by Crippen LogP contribution is -2.04. The summed E-state index contributed by atoms with van der Waals surface area (Å²) in [7, 11) is 0. The van der Waals surface area contributed by atoms with Crippen LogP contribution in [0.15, 0.2) is 34.9 Å². The SMILES string of the molecule is CC(C)COc1ccc(-c2cc(N)no2)cc1. The topological polar surface area (TPSA) is 61.3 Å². The predicted octanol–water partition coefficient (Wildman–Crippen LogP) is 2.96. The highest BCUT2D eigenvalue weighted by atomic mass is 16.5. The van der Waals surface area contributed by atoms with E-state index in [4.69, 9.17) is 15.0 Å². The van der Waals surface area contributed by atoms with Gasteiger partial charge in [-0.15, -0.1) is 0 Å². The third-order valence-corrected chi connectivity index (χ3v) is 2.25. The van der Waals surface area contributed by atoms with Gasteiger partial charge in [0.15, 0.2) is 11.6 Å². The Labute approximate surface area is 100 Å². The van der Waals surface area contributed by atoms with Gasteiger partial charge >= 0.3 is 0 Å². The van der Waals surface area contributed by atoms with Crippen LogP contribution in [-0.2, 0) is 0 Å². The van der Waals surface area contributed by atoms with Crippen LogP contribution in [0.2, 0.25) is 0 Å². The van der Waals surface area contributed by atoms with Crippen molar-refractivity contribution in [3.05, 3.63) is 30.3 Å². The second kappa shape index (κ2) is 4.91. The number of ether oxygens (including phenoxy) is 1. The van der Waals surface area contributed by atoms with Gasteiger partial charge in [-0.1, -0.05) is 19.0 Å². The Morgan fingerprint density at radius 3 is 2.53 bits per heavy atom. The smallest absolute Gasteiger partial charge is 0.169 e. The number of rotatable bonds is 4. The molecule has 2 N–H and O–H groups in total. The highest BCUT2D eigenvalue weighted by Crippen LogP contribution is 2.23. The fourth-order valence-corrected chi connectivity index (χ4v) is 1.40. The Balaban J connectivity index is 2.07. The third-order valence-electron chi connectivity index (χ3n) is 2.25. The zero-order valence-corrected chi connectivity index (χ0v) is 10.0. The molecule has 0 atom stereocenters. The van der Waals surface area contributed by atoms with Crippen molar-refractivity contribution in [1.82, 2.24) is 5.16 Å². The van der Waals surface area contributed by atoms with Gasteiger partial charge in [0.1, 0.15) is 5.75 Å². The molecule has 0 unspecified atom stereocenters. The lowest BCUT2D eigenvalue weighted by Gasteiger charge is -2.08. The van der Waals surface area contributed by atoms with Crippen molar-refractivity contribution in [2.45, 2.75) is 13.8 Å². The standard InChI is InChI=1S/C13H16N2O2/c1-9(2)8-16-11-5-3-10(4-6-11)12-7-13(14)15-17-12/h3-7,9H,8H2,1-2H3,(H2,14,15). The number of anilines is 1. The summed E-state index contributed by atoms with van der Waals surface area (Å²) in [6.07, 6.45) is 0. The molecular weight excluding hydrogens is 216 g/mol. The van der Waals surface area contributed by atoms with Crippen LogP contribution in [0, 0.1) is 5.92 Å². The van der Waals surface area contributed by atoms with E-state index in [0.717, 1.165) is 11.3 Å². The van der Waals surface area contributed by atoms with Crippen molar-refractivity contribution in [2.24, 2.45) is 5.92 Å². The Kier molecular flexibility index (Phi) is 3.32. The highest BCUT2D eigenvalue weighted by molar-refractivity contribution is 5.60. The summed E-state index contributed by atoms with van der Waals surface area (Å²) in [5.41, 5.74) is 6.43. The first kappa shape index (κ1) is 11.5. The van der Waals surface area contributed by atoms with Crippen LogP contribution >= 0.6 is 0 Å². The zero-order chi connectivity index (χ0) is 12.3. The van der Waals surface area contributed by atoms with Crippen molar-refractivity contribution in [3.8, 4) is 17.1 Å². The largest absolute Gasteiger partial charge is 0.493 e. The van der Waals surface area contributed by atoms with Crippen LogP contribution in [-0.4, -0.2) is 11.8 Å². The van der Waals surface area contributed by atoms with Gasteiger partial charge in [-0.3, -0.25) is 0 Å². The monoisotopic (exact) mass is 232 g/mol. The number of hydrogen-bond donors (Lipinski definition) is 1. The van der Waals surface area contributed by atoms with Crippen LogP contribution in [0.25, 0.3) is 11.3 Å². The molecule has 1 heterocycles. The average Bonchev–Trinajstić information content (AvgIpc) is 2.74. The number of benzene rings is 1. The molecule has 0 aliphatic heterocycles. The molecule has 0 spiro atoms. The fraction of sp³-hybridized carbons (Fsp3) is 0.308.